The maximum absolute atomic E-state index is 12.5. The minimum absolute atomic E-state index is 0.0171. The summed E-state index contributed by atoms with van der Waals surface area (Å²) in [7, 11) is -4.63. The van der Waals surface area contributed by atoms with Crippen LogP contribution in [0.25, 0.3) is 0 Å². The summed E-state index contributed by atoms with van der Waals surface area (Å²) >= 11 is 0. The molecular weight excluding hydrogens is 645 g/mol. The third-order valence-corrected chi connectivity index (χ3v) is 7.96. The van der Waals surface area contributed by atoms with E-state index >= 15 is 0 Å². The molecule has 0 aliphatic heterocycles. The summed E-state index contributed by atoms with van der Waals surface area (Å²) in [4.78, 5) is 33.2. The average Bonchev–Trinajstić information content (AvgIpc) is 3.07. The molecule has 0 bridgehead atoms. The Hall–Kier alpha value is -2.59. The van der Waals surface area contributed by atoms with Crippen molar-refractivity contribution in [3.8, 4) is 0 Å². The molecule has 4 N–H and O–H groups in total. The second-order valence-corrected chi connectivity index (χ2v) is 13.1. The van der Waals surface area contributed by atoms with Gasteiger partial charge in [0.25, 0.3) is 0 Å². The number of carbonyl (C=O) groups is 2. The van der Waals surface area contributed by atoms with Gasteiger partial charge in [0.1, 0.15) is 12.1 Å². The lowest BCUT2D eigenvalue weighted by Crippen LogP contribution is -2.34. The number of allylic oxidation sites excluding steroid dienone is 12. The number of hydrogen-bond acceptors (Lipinski definition) is 8. The van der Waals surface area contributed by atoms with Crippen LogP contribution in [-0.2, 0) is 32.7 Å². The number of carbonyl (C=O) groups excluding carboxylic acids is 1. The Balaban J connectivity index is 4.45. The number of rotatable bonds is 33. The molecule has 0 saturated heterocycles. The third kappa shape index (κ3) is 33.7. The highest BCUT2D eigenvalue weighted by Gasteiger charge is 2.27. The van der Waals surface area contributed by atoms with Gasteiger partial charge in [0.2, 0.25) is 0 Å². The van der Waals surface area contributed by atoms with Gasteiger partial charge in [-0.25, -0.2) is 4.57 Å². The quantitative estimate of drug-likeness (QED) is 0.0260. The Morgan fingerprint density at radius 2 is 1.14 bits per heavy atom. The third-order valence-electron chi connectivity index (χ3n) is 7.01. The van der Waals surface area contributed by atoms with Gasteiger partial charge in [0.05, 0.1) is 19.8 Å². The van der Waals surface area contributed by atoms with Gasteiger partial charge in [-0.05, 0) is 51.4 Å². The van der Waals surface area contributed by atoms with Crippen molar-refractivity contribution >= 4 is 19.8 Å². The number of phosphoric acid groups is 1. The number of phosphoric ester groups is 1. The predicted octanol–water partition coefficient (Wildman–Crippen LogP) is 9.08. The number of ether oxygens (including phenoxy) is 2. The van der Waals surface area contributed by atoms with Crippen LogP contribution < -0.4 is 5.73 Å². The van der Waals surface area contributed by atoms with Gasteiger partial charge in [0, 0.05) is 13.0 Å². The summed E-state index contributed by atoms with van der Waals surface area (Å²) < 4.78 is 33.0. The zero-order valence-electron chi connectivity index (χ0n) is 30.0. The van der Waals surface area contributed by atoms with Crippen molar-refractivity contribution in [2.45, 2.75) is 129 Å². The number of hydrogen-bond donors (Lipinski definition) is 3. The van der Waals surface area contributed by atoms with E-state index in [-0.39, 0.29) is 13.0 Å². The molecule has 0 saturated carbocycles. The minimum atomic E-state index is -4.63. The molecule has 0 aromatic rings. The molecule has 3 atom stereocenters. The van der Waals surface area contributed by atoms with E-state index in [1.54, 1.807) is 0 Å². The highest BCUT2D eigenvalue weighted by Crippen LogP contribution is 2.43. The van der Waals surface area contributed by atoms with Crippen molar-refractivity contribution < 1.29 is 42.7 Å². The van der Waals surface area contributed by atoms with E-state index in [1.165, 1.54) is 32.1 Å². The fourth-order valence-electron chi connectivity index (χ4n) is 4.21. The molecule has 280 valence electrons. The molecule has 49 heavy (non-hydrogen) atoms. The molecular formula is C38H64NO9P. The Morgan fingerprint density at radius 1 is 0.673 bits per heavy atom. The molecule has 0 fully saturated rings. The van der Waals surface area contributed by atoms with E-state index in [1.807, 2.05) is 12.2 Å². The van der Waals surface area contributed by atoms with Crippen molar-refractivity contribution in [1.29, 1.82) is 0 Å². The molecule has 10 nitrogen and oxygen atoms in total. The van der Waals surface area contributed by atoms with Crippen LogP contribution >= 0.6 is 7.82 Å². The molecule has 0 spiro atoms. The summed E-state index contributed by atoms with van der Waals surface area (Å²) in [5.41, 5.74) is 5.31. The molecule has 11 heteroatoms. The van der Waals surface area contributed by atoms with E-state index < -0.39 is 45.1 Å². The van der Waals surface area contributed by atoms with Crippen LogP contribution in [0.15, 0.2) is 72.9 Å². The first-order chi connectivity index (χ1) is 23.7. The summed E-state index contributed by atoms with van der Waals surface area (Å²) in [5, 5.41) is 8.84. The fraction of sp³-hybridized carbons (Fsp3) is 0.632. The van der Waals surface area contributed by atoms with E-state index in [0.717, 1.165) is 57.8 Å². The number of esters is 1. The van der Waals surface area contributed by atoms with Gasteiger partial charge in [-0.3, -0.25) is 18.6 Å². The van der Waals surface area contributed by atoms with Crippen LogP contribution in [0.5, 0.6) is 0 Å². The monoisotopic (exact) mass is 709 g/mol. The Labute approximate surface area is 295 Å². The Morgan fingerprint density at radius 3 is 1.65 bits per heavy atom. The summed E-state index contributed by atoms with van der Waals surface area (Å²) in [6, 6.07) is -1.48. The zero-order chi connectivity index (χ0) is 36.3. The molecule has 0 heterocycles. The largest absolute Gasteiger partial charge is 0.480 e. The molecule has 3 unspecified atom stereocenters. The normalized spacial score (nSPS) is 15.0. The van der Waals surface area contributed by atoms with Crippen LogP contribution in [0, 0.1) is 0 Å². The lowest BCUT2D eigenvalue weighted by atomic mass is 10.1. The van der Waals surface area contributed by atoms with Crippen molar-refractivity contribution in [2.24, 2.45) is 5.73 Å². The van der Waals surface area contributed by atoms with E-state index in [9.17, 15) is 19.0 Å². The summed E-state index contributed by atoms with van der Waals surface area (Å²) in [6.45, 7) is 3.60. The molecule has 0 aliphatic carbocycles. The molecule has 0 aromatic heterocycles. The van der Waals surface area contributed by atoms with Gasteiger partial charge in [-0.15, -0.1) is 0 Å². The maximum Gasteiger partial charge on any atom is 0.472 e. The highest BCUT2D eigenvalue weighted by molar-refractivity contribution is 7.47. The Kier molecular flexibility index (Phi) is 32.1. The number of unbranched alkanes of at least 4 members (excludes halogenated alkanes) is 7. The number of nitrogens with two attached hydrogens (primary N) is 1. The fourth-order valence-corrected chi connectivity index (χ4v) is 4.99. The van der Waals surface area contributed by atoms with Crippen molar-refractivity contribution in [2.75, 3.05) is 26.4 Å². The molecule has 0 aromatic carbocycles. The van der Waals surface area contributed by atoms with Crippen molar-refractivity contribution in [1.82, 2.24) is 0 Å². The van der Waals surface area contributed by atoms with E-state index in [0.29, 0.717) is 13.0 Å². The number of carboxylic acids is 1. The molecule has 0 amide bonds. The molecule has 0 rings (SSSR count). The van der Waals surface area contributed by atoms with Crippen LogP contribution in [0.4, 0.5) is 0 Å². The van der Waals surface area contributed by atoms with Crippen molar-refractivity contribution in [3.63, 3.8) is 0 Å². The second-order valence-electron chi connectivity index (χ2n) is 11.6. The van der Waals surface area contributed by atoms with E-state index in [4.69, 9.17) is 24.8 Å². The van der Waals surface area contributed by atoms with Gasteiger partial charge >= 0.3 is 19.8 Å². The lowest BCUT2D eigenvalue weighted by Gasteiger charge is -2.20. The van der Waals surface area contributed by atoms with Crippen LogP contribution in [0.2, 0.25) is 0 Å². The lowest BCUT2D eigenvalue weighted by molar-refractivity contribution is -0.154. The average molecular weight is 710 g/mol. The Bertz CT molecular complexity index is 1050. The van der Waals surface area contributed by atoms with Gasteiger partial charge in [-0.2, -0.15) is 0 Å². The van der Waals surface area contributed by atoms with Gasteiger partial charge in [0.15, 0.2) is 0 Å². The van der Waals surface area contributed by atoms with Crippen LogP contribution in [0.3, 0.4) is 0 Å². The zero-order valence-corrected chi connectivity index (χ0v) is 30.9. The summed E-state index contributed by atoms with van der Waals surface area (Å²) in [5.74, 6) is -1.88. The van der Waals surface area contributed by atoms with Gasteiger partial charge < -0.3 is 25.2 Å². The first-order valence-corrected chi connectivity index (χ1v) is 19.5. The number of carboxylic acid groups (broad SMARTS) is 1. The molecule has 0 radical (unpaired) electrons. The minimum Gasteiger partial charge on any atom is -0.480 e. The molecule has 0 aliphatic rings. The van der Waals surface area contributed by atoms with Crippen LogP contribution in [0.1, 0.15) is 117 Å². The maximum atomic E-state index is 12.5. The predicted molar refractivity (Wildman–Crippen MR) is 198 cm³/mol. The van der Waals surface area contributed by atoms with Gasteiger partial charge in [-0.1, -0.05) is 132 Å². The second kappa shape index (κ2) is 33.9. The first kappa shape index (κ1) is 46.4. The van der Waals surface area contributed by atoms with Crippen molar-refractivity contribution in [3.05, 3.63) is 72.9 Å². The number of aliphatic carboxylic acids is 1. The first-order valence-electron chi connectivity index (χ1n) is 18.0. The summed E-state index contributed by atoms with van der Waals surface area (Å²) in [6.07, 6.45) is 39.8. The van der Waals surface area contributed by atoms with E-state index in [2.05, 4.69) is 79.1 Å². The topological polar surface area (TPSA) is 155 Å². The standard InChI is InChI=1S/C38H64NO9P/c1-3-5-7-9-11-13-14-15-16-17-18-19-20-21-22-23-24-26-28-30-37(40)48-35(32-45-31-29-27-25-12-10-8-6-4-2)33-46-49(43,44)47-34-36(39)38(41)42/h5,7,11,13,15-16,18-19,21-22,24,26,35-36H,3-4,6,8-10,12,14,17,20,23,25,27-34,39H2,1-2H3,(H,41,42)(H,43,44)/b7-5-,13-11-,16-15-,19-18-,22-21-,26-24-. The SMILES string of the molecule is CC/C=C\C/C=C\C/C=C\C/C=C\C/C=C\C/C=C\CCC(=O)OC(COCCCCCCCCCC)COP(=O)(O)OCC(N)C(=O)O. The smallest absolute Gasteiger partial charge is 0.472 e. The highest BCUT2D eigenvalue weighted by atomic mass is 31.2. The van der Waals surface area contributed by atoms with Crippen LogP contribution in [-0.4, -0.2) is 60.5 Å².